The molecule has 0 aromatic heterocycles. The fourth-order valence-corrected chi connectivity index (χ4v) is 6.96. The third kappa shape index (κ3) is 8.62. The third-order valence-electron chi connectivity index (χ3n) is 8.98. The third-order valence-corrected chi connectivity index (χ3v) is 10.0. The standard InChI is InChI=1S/C40H40Br2N2O10/c1-47-33-19-25-15-17-43-23-39(31(25)21-35(33)49-3,51-29-9-5-27(41)6-10-29)53-37(45)13-14-38(46)54-40(52-30-11-7-28(42)8-12-30)24-44-18-16-26-20-34(48-2)36(50-4)22-32(26)40/h5-14,19-22,43-44H,15-18,23-24H2,1-4H3/b14-13-. The van der Waals surface area contributed by atoms with Crippen molar-refractivity contribution in [3.8, 4) is 34.5 Å². The van der Waals surface area contributed by atoms with E-state index in [0.717, 1.165) is 32.2 Å². The number of methoxy groups -OCH3 is 4. The molecule has 4 aromatic carbocycles. The van der Waals surface area contributed by atoms with Gasteiger partial charge < -0.3 is 48.5 Å². The Balaban J connectivity index is 1.34. The smallest absolute Gasteiger partial charge is 0.334 e. The Morgan fingerprint density at radius 2 is 0.926 bits per heavy atom. The second-order valence-electron chi connectivity index (χ2n) is 12.4. The number of nitrogens with one attached hydrogen (secondary N) is 2. The van der Waals surface area contributed by atoms with Gasteiger partial charge in [0.05, 0.1) is 41.5 Å². The molecule has 12 nitrogen and oxygen atoms in total. The van der Waals surface area contributed by atoms with Crippen molar-refractivity contribution in [3.63, 3.8) is 0 Å². The van der Waals surface area contributed by atoms with Crippen LogP contribution in [0.25, 0.3) is 0 Å². The Bertz CT molecular complexity index is 1860. The molecule has 4 aromatic rings. The van der Waals surface area contributed by atoms with E-state index in [1.807, 2.05) is 36.4 Å². The van der Waals surface area contributed by atoms with Gasteiger partial charge in [-0.1, -0.05) is 31.9 Å². The summed E-state index contributed by atoms with van der Waals surface area (Å²) in [5, 5.41) is 6.65. The van der Waals surface area contributed by atoms with Crippen LogP contribution < -0.4 is 39.1 Å². The van der Waals surface area contributed by atoms with E-state index in [9.17, 15) is 9.59 Å². The highest BCUT2D eigenvalue weighted by atomic mass is 79.9. The average Bonchev–Trinajstić information content (AvgIpc) is 3.45. The van der Waals surface area contributed by atoms with Crippen molar-refractivity contribution in [2.24, 2.45) is 0 Å². The molecule has 54 heavy (non-hydrogen) atoms. The predicted octanol–water partition coefficient (Wildman–Crippen LogP) is 6.34. The van der Waals surface area contributed by atoms with Crippen LogP contribution in [0.4, 0.5) is 0 Å². The lowest BCUT2D eigenvalue weighted by Gasteiger charge is -2.34. The molecule has 2 N–H and O–H groups in total. The second kappa shape index (κ2) is 17.1. The van der Waals surface area contributed by atoms with Crippen LogP contribution in [0.1, 0.15) is 22.3 Å². The quantitative estimate of drug-likeness (QED) is 0.0936. The van der Waals surface area contributed by atoms with Crippen molar-refractivity contribution >= 4 is 43.8 Å². The van der Waals surface area contributed by atoms with Crippen LogP contribution in [-0.4, -0.2) is 66.6 Å². The lowest BCUT2D eigenvalue weighted by atomic mass is 9.97. The van der Waals surface area contributed by atoms with Gasteiger partial charge in [-0.15, -0.1) is 0 Å². The lowest BCUT2D eigenvalue weighted by molar-refractivity contribution is -0.198. The maximum absolute atomic E-state index is 13.8. The molecule has 284 valence electrons. The molecular weight excluding hydrogens is 828 g/mol. The zero-order chi connectivity index (χ0) is 38.3. The molecule has 2 atom stereocenters. The van der Waals surface area contributed by atoms with Crippen LogP contribution in [0.2, 0.25) is 0 Å². The highest BCUT2D eigenvalue weighted by Gasteiger charge is 2.44. The van der Waals surface area contributed by atoms with Crippen molar-refractivity contribution in [1.82, 2.24) is 10.6 Å². The fourth-order valence-electron chi connectivity index (χ4n) is 6.43. The first kappa shape index (κ1) is 38.9. The molecule has 0 saturated carbocycles. The van der Waals surface area contributed by atoms with Gasteiger partial charge in [0.2, 0.25) is 0 Å². The maximum Gasteiger partial charge on any atom is 0.334 e. The van der Waals surface area contributed by atoms with Crippen molar-refractivity contribution < 1.29 is 47.5 Å². The highest BCUT2D eigenvalue weighted by Crippen LogP contribution is 2.42. The summed E-state index contributed by atoms with van der Waals surface area (Å²) in [6.45, 7) is 1.32. The Morgan fingerprint density at radius 1 is 0.574 bits per heavy atom. The van der Waals surface area contributed by atoms with Gasteiger partial charge in [-0.05, 0) is 110 Å². The van der Waals surface area contributed by atoms with Crippen LogP contribution >= 0.6 is 31.9 Å². The normalized spacial score (nSPS) is 19.3. The molecule has 2 aliphatic heterocycles. The number of carbonyl (C=O) groups is 2. The Morgan fingerprint density at radius 3 is 1.28 bits per heavy atom. The van der Waals surface area contributed by atoms with E-state index < -0.39 is 23.5 Å². The fraction of sp³-hybridized carbons (Fsp3) is 0.300. The number of hydrogen-bond donors (Lipinski definition) is 2. The Kier molecular flexibility index (Phi) is 12.4. The number of halogens is 2. The molecular formula is C40H40Br2N2O10. The van der Waals surface area contributed by atoms with Gasteiger partial charge in [-0.25, -0.2) is 9.59 Å². The molecule has 0 bridgehead atoms. The lowest BCUT2D eigenvalue weighted by Crippen LogP contribution is -2.46. The summed E-state index contributed by atoms with van der Waals surface area (Å²) in [4.78, 5) is 27.6. The molecule has 14 heteroatoms. The molecule has 0 fully saturated rings. The van der Waals surface area contributed by atoms with Gasteiger partial charge in [0.15, 0.2) is 23.0 Å². The summed E-state index contributed by atoms with van der Waals surface area (Å²) in [6.07, 6.45) is 3.20. The van der Waals surface area contributed by atoms with Crippen LogP contribution in [0.5, 0.6) is 34.5 Å². The highest BCUT2D eigenvalue weighted by molar-refractivity contribution is 9.10. The molecule has 0 amide bonds. The zero-order valence-electron chi connectivity index (χ0n) is 30.2. The van der Waals surface area contributed by atoms with Crippen LogP contribution in [0.3, 0.4) is 0 Å². The minimum atomic E-state index is -1.67. The largest absolute Gasteiger partial charge is 0.493 e. The average molecular weight is 869 g/mol. The maximum atomic E-state index is 13.8. The van der Waals surface area contributed by atoms with E-state index in [1.165, 1.54) is 14.2 Å². The molecule has 0 spiro atoms. The number of benzene rings is 4. The van der Waals surface area contributed by atoms with Crippen LogP contribution in [0, 0.1) is 0 Å². The van der Waals surface area contributed by atoms with Gasteiger partial charge in [0.1, 0.15) is 11.5 Å². The summed E-state index contributed by atoms with van der Waals surface area (Å²) in [6, 6.07) is 21.5. The first-order valence-electron chi connectivity index (χ1n) is 17.1. The summed E-state index contributed by atoms with van der Waals surface area (Å²) >= 11 is 6.91. The van der Waals surface area contributed by atoms with E-state index in [4.69, 9.17) is 37.9 Å². The molecule has 6 rings (SSSR count). The molecule has 2 unspecified atom stereocenters. The number of hydrogen-bond acceptors (Lipinski definition) is 12. The predicted molar refractivity (Wildman–Crippen MR) is 206 cm³/mol. The summed E-state index contributed by atoms with van der Waals surface area (Å²) in [5.41, 5.74) is 2.77. The van der Waals surface area contributed by atoms with Crippen LogP contribution in [-0.2, 0) is 43.5 Å². The first-order chi connectivity index (χ1) is 26.1. The monoisotopic (exact) mass is 866 g/mol. The van der Waals surface area contributed by atoms with E-state index in [1.54, 1.807) is 50.6 Å². The van der Waals surface area contributed by atoms with Gasteiger partial charge in [0.25, 0.3) is 11.6 Å². The Hall–Kier alpha value is -4.76. The zero-order valence-corrected chi connectivity index (χ0v) is 33.3. The van der Waals surface area contributed by atoms with E-state index in [0.29, 0.717) is 71.6 Å². The first-order valence-corrected chi connectivity index (χ1v) is 18.6. The topological polar surface area (TPSA) is 132 Å². The van der Waals surface area contributed by atoms with Gasteiger partial charge >= 0.3 is 11.9 Å². The number of esters is 2. The summed E-state index contributed by atoms with van der Waals surface area (Å²) in [7, 11) is 6.16. The SMILES string of the molecule is COc1cc2c(cc1OC)C(OC(=O)/C=C\C(=O)OC1(Oc3ccc(Br)cc3)CNCCc3cc(OC)c(OC)cc31)(Oc1ccc(Br)cc1)CNCC2. The molecule has 2 aliphatic rings. The minimum Gasteiger partial charge on any atom is -0.493 e. The van der Waals surface area contributed by atoms with Crippen molar-refractivity contribution in [1.29, 1.82) is 0 Å². The minimum absolute atomic E-state index is 0.0907. The van der Waals surface area contributed by atoms with Gasteiger partial charge in [-0.3, -0.25) is 0 Å². The van der Waals surface area contributed by atoms with Crippen molar-refractivity contribution in [2.75, 3.05) is 54.6 Å². The number of fused-ring (bicyclic) bond motifs is 2. The summed E-state index contributed by atoms with van der Waals surface area (Å²) in [5.74, 6) is -2.27. The van der Waals surface area contributed by atoms with Gasteiger partial charge in [0, 0.05) is 32.2 Å². The van der Waals surface area contributed by atoms with E-state index >= 15 is 0 Å². The van der Waals surface area contributed by atoms with Crippen LogP contribution in [0.15, 0.2) is 93.9 Å². The Labute approximate surface area is 330 Å². The van der Waals surface area contributed by atoms with E-state index in [-0.39, 0.29) is 13.1 Å². The van der Waals surface area contributed by atoms with Crippen molar-refractivity contribution in [3.05, 3.63) is 116 Å². The molecule has 2 heterocycles. The number of ether oxygens (including phenoxy) is 8. The number of rotatable bonds is 12. The van der Waals surface area contributed by atoms with Crippen molar-refractivity contribution in [2.45, 2.75) is 24.4 Å². The number of carbonyl (C=O) groups excluding carboxylic acids is 2. The van der Waals surface area contributed by atoms with E-state index in [2.05, 4.69) is 42.5 Å². The summed E-state index contributed by atoms with van der Waals surface area (Å²) < 4.78 is 49.5. The molecule has 0 saturated heterocycles. The molecule has 0 aliphatic carbocycles. The van der Waals surface area contributed by atoms with Gasteiger partial charge in [-0.2, -0.15) is 0 Å². The second-order valence-corrected chi connectivity index (χ2v) is 14.2. The molecule has 0 radical (unpaired) electrons.